The summed E-state index contributed by atoms with van der Waals surface area (Å²) in [6, 6.07) is 7.27. The zero-order valence-electron chi connectivity index (χ0n) is 35.1. The predicted molar refractivity (Wildman–Crippen MR) is 227 cm³/mol. The maximum Gasteiger partial charge on any atom is 0.319 e. The number of benzene rings is 2. The number of nitrogens with zero attached hydrogens (tertiary/aromatic N) is 5. The average molecular weight is 796 g/mol. The third-order valence-electron chi connectivity index (χ3n) is 13.7. The van der Waals surface area contributed by atoms with Gasteiger partial charge in [0.05, 0.1) is 32.5 Å². The van der Waals surface area contributed by atoms with Crippen molar-refractivity contribution in [2.75, 3.05) is 64.6 Å². The Bertz CT molecular complexity index is 2190. The van der Waals surface area contributed by atoms with Gasteiger partial charge in [-0.3, -0.25) is 4.90 Å². The van der Waals surface area contributed by atoms with Crippen molar-refractivity contribution in [2.45, 2.75) is 97.2 Å². The third kappa shape index (κ3) is 7.51. The molecule has 0 N–H and O–H groups in total. The van der Waals surface area contributed by atoms with Crippen LogP contribution in [0.25, 0.3) is 32.9 Å². The van der Waals surface area contributed by atoms with Crippen LogP contribution < -0.4 is 14.4 Å². The summed E-state index contributed by atoms with van der Waals surface area (Å²) in [6.07, 6.45) is 5.70. The minimum atomic E-state index is -2.24. The van der Waals surface area contributed by atoms with Crippen LogP contribution in [-0.2, 0) is 4.74 Å². The topological polar surface area (TPSA) is 72.8 Å². The van der Waals surface area contributed by atoms with E-state index >= 15 is 8.78 Å². The number of aromatic nitrogens is 3. The molecule has 0 amide bonds. The highest BCUT2D eigenvalue weighted by molar-refractivity contribution is 6.90. The minimum Gasteiger partial charge on any atom is -0.480 e. The van der Waals surface area contributed by atoms with E-state index in [-0.39, 0.29) is 34.1 Å². The number of piperidine rings is 1. The highest BCUT2D eigenvalue weighted by Gasteiger charge is 2.46. The first-order valence-electron chi connectivity index (χ1n) is 21.2. The monoisotopic (exact) mass is 795 g/mol. The molecule has 8 nitrogen and oxygen atoms in total. The van der Waals surface area contributed by atoms with Gasteiger partial charge in [0.2, 0.25) is 5.88 Å². The predicted octanol–water partition coefficient (Wildman–Crippen LogP) is 9.74. The van der Waals surface area contributed by atoms with Crippen LogP contribution in [-0.4, -0.2) is 87.6 Å². The van der Waals surface area contributed by atoms with E-state index in [9.17, 15) is 0 Å². The van der Waals surface area contributed by atoms with E-state index in [1.807, 2.05) is 19.1 Å². The fraction of sp³-hybridized carbons (Fsp3) is 0.587. The number of aryl methyl sites for hydroxylation is 1. The van der Waals surface area contributed by atoms with Crippen molar-refractivity contribution in [2.24, 2.45) is 17.3 Å². The molecule has 0 spiro atoms. The van der Waals surface area contributed by atoms with Gasteiger partial charge in [-0.2, -0.15) is 9.97 Å². The fourth-order valence-electron chi connectivity index (χ4n) is 10.6. The van der Waals surface area contributed by atoms with Gasteiger partial charge in [-0.05, 0) is 90.6 Å². The largest absolute Gasteiger partial charge is 0.480 e. The first kappa shape index (κ1) is 39.9. The van der Waals surface area contributed by atoms with Gasteiger partial charge in [0.25, 0.3) is 0 Å². The van der Waals surface area contributed by atoms with Gasteiger partial charge in [-0.1, -0.05) is 59.6 Å². The number of pyridine rings is 1. The van der Waals surface area contributed by atoms with Crippen LogP contribution in [0.4, 0.5) is 14.6 Å². The second-order valence-corrected chi connectivity index (χ2v) is 24.0. The fourth-order valence-corrected chi connectivity index (χ4v) is 15.8. The summed E-state index contributed by atoms with van der Waals surface area (Å²) >= 11 is 0. The number of fused-ring (bicyclic) bond motifs is 4. The number of methoxy groups -OCH3 is 1. The number of ether oxygens (including phenoxy) is 3. The lowest BCUT2D eigenvalue weighted by atomic mass is 9.94. The molecule has 4 aromatic rings. The standard InChI is InChI=1S/C46H59F2N5O3Si/c1-28(2)57(29(3)4,30(5)6)20-13-35-37(47)12-11-34-21-31(7)22-36(38(34)35)41-40(48)42-39(44(49-41)54-8)43(53-24-32-9-10-33(23-32)25-53)51-45(50-42)56-27-46(14-15-46)26-52-16-18-55-19-17-52/h11-12,21-22,28-30,32-33H,9-10,14-19,23-27H2,1-8H3. The minimum absolute atomic E-state index is 0.0167. The molecular formula is C46H59F2N5O3Si. The SMILES string of the molecule is COc1nc(-c2cc(C)cc3ccc(F)c(C#C[Si](C(C)C)(C(C)C)C(C)C)c23)c(F)c2nc(OCC3(CN4CCOCC4)CC3)nc(N3CC4CCC(C4)C3)c12. The molecular weight excluding hydrogens is 737 g/mol. The van der Waals surface area contributed by atoms with E-state index in [0.29, 0.717) is 57.2 Å². The van der Waals surface area contributed by atoms with Crippen molar-refractivity contribution in [3.05, 3.63) is 47.0 Å². The van der Waals surface area contributed by atoms with Crippen molar-refractivity contribution in [3.8, 4) is 34.6 Å². The van der Waals surface area contributed by atoms with Crippen molar-refractivity contribution in [3.63, 3.8) is 0 Å². The van der Waals surface area contributed by atoms with Gasteiger partial charge in [0.15, 0.2) is 5.82 Å². The Hall–Kier alpha value is -3.85. The Balaban J connectivity index is 1.29. The van der Waals surface area contributed by atoms with Crippen molar-refractivity contribution in [1.82, 2.24) is 19.9 Å². The van der Waals surface area contributed by atoms with E-state index in [0.717, 1.165) is 69.7 Å². The Labute approximate surface area is 338 Å². The van der Waals surface area contributed by atoms with Crippen LogP contribution in [0.3, 0.4) is 0 Å². The molecule has 2 bridgehead atoms. The van der Waals surface area contributed by atoms with E-state index < -0.39 is 19.7 Å². The Kier molecular flexibility index (Phi) is 11.0. The Morgan fingerprint density at radius 3 is 2.25 bits per heavy atom. The zero-order valence-corrected chi connectivity index (χ0v) is 36.1. The van der Waals surface area contributed by atoms with E-state index in [4.69, 9.17) is 29.2 Å². The maximum atomic E-state index is 17.7. The lowest BCUT2D eigenvalue weighted by Crippen LogP contribution is -2.43. The molecule has 4 aliphatic rings. The van der Waals surface area contributed by atoms with Gasteiger partial charge >= 0.3 is 6.01 Å². The summed E-state index contributed by atoms with van der Waals surface area (Å²) < 4.78 is 52.1. The highest BCUT2D eigenvalue weighted by Crippen LogP contribution is 2.48. The molecule has 2 aromatic carbocycles. The van der Waals surface area contributed by atoms with Crippen LogP contribution >= 0.6 is 0 Å². The van der Waals surface area contributed by atoms with Crippen LogP contribution in [0.2, 0.25) is 16.6 Å². The molecule has 2 aromatic heterocycles. The Morgan fingerprint density at radius 1 is 0.930 bits per heavy atom. The number of hydrogen-bond acceptors (Lipinski definition) is 8. The first-order valence-corrected chi connectivity index (χ1v) is 23.4. The van der Waals surface area contributed by atoms with E-state index in [1.54, 1.807) is 13.2 Å². The normalized spacial score (nSPS) is 20.8. The molecule has 4 heterocycles. The second kappa shape index (κ2) is 15.7. The summed E-state index contributed by atoms with van der Waals surface area (Å²) in [6.45, 7) is 21.8. The van der Waals surface area contributed by atoms with Crippen LogP contribution in [0.15, 0.2) is 24.3 Å². The van der Waals surface area contributed by atoms with Crippen LogP contribution in [0.5, 0.6) is 11.9 Å². The average Bonchev–Trinajstić information content (AvgIpc) is 3.87. The summed E-state index contributed by atoms with van der Waals surface area (Å²) in [5.74, 6) is 4.29. The second-order valence-electron chi connectivity index (χ2n) is 18.4. The van der Waals surface area contributed by atoms with Gasteiger partial charge in [0, 0.05) is 49.1 Å². The summed E-state index contributed by atoms with van der Waals surface area (Å²) in [5.41, 5.74) is 6.59. The van der Waals surface area contributed by atoms with Gasteiger partial charge in [-0.15, -0.1) is 5.54 Å². The van der Waals surface area contributed by atoms with Gasteiger partial charge < -0.3 is 19.1 Å². The lowest BCUT2D eigenvalue weighted by Gasteiger charge is -2.38. The zero-order chi connectivity index (χ0) is 40.2. The van der Waals surface area contributed by atoms with Gasteiger partial charge in [-0.25, -0.2) is 13.8 Å². The molecule has 11 heteroatoms. The molecule has 4 fully saturated rings. The first-order chi connectivity index (χ1) is 27.3. The molecule has 2 atom stereocenters. The van der Waals surface area contributed by atoms with E-state index in [1.165, 1.54) is 25.3 Å². The molecule has 2 unspecified atom stereocenters. The molecule has 2 aliphatic heterocycles. The molecule has 0 radical (unpaired) electrons. The maximum absolute atomic E-state index is 17.7. The smallest absolute Gasteiger partial charge is 0.319 e. The Morgan fingerprint density at radius 2 is 1.61 bits per heavy atom. The number of anilines is 1. The van der Waals surface area contributed by atoms with Crippen LogP contribution in [0.1, 0.15) is 84.8 Å². The molecule has 2 saturated heterocycles. The van der Waals surface area contributed by atoms with Crippen molar-refractivity contribution >= 4 is 35.6 Å². The molecule has 57 heavy (non-hydrogen) atoms. The number of hydrogen-bond donors (Lipinski definition) is 0. The highest BCUT2D eigenvalue weighted by atomic mass is 28.3. The van der Waals surface area contributed by atoms with E-state index in [2.05, 4.69) is 62.8 Å². The van der Waals surface area contributed by atoms with Crippen molar-refractivity contribution < 1.29 is 23.0 Å². The van der Waals surface area contributed by atoms with Gasteiger partial charge in [0.1, 0.15) is 36.3 Å². The number of rotatable bonds is 11. The number of halogens is 2. The number of morpholine rings is 1. The van der Waals surface area contributed by atoms with Crippen molar-refractivity contribution in [1.29, 1.82) is 0 Å². The molecule has 304 valence electrons. The summed E-state index contributed by atoms with van der Waals surface area (Å²) in [7, 11) is -0.682. The third-order valence-corrected chi connectivity index (χ3v) is 20.0. The van der Waals surface area contributed by atoms with Crippen LogP contribution in [0, 0.1) is 47.3 Å². The summed E-state index contributed by atoms with van der Waals surface area (Å²) in [5, 5.41) is 1.75. The molecule has 8 rings (SSSR count). The summed E-state index contributed by atoms with van der Waals surface area (Å²) in [4.78, 5) is 19.5. The molecule has 2 saturated carbocycles. The quantitative estimate of drug-likeness (QED) is 0.110. The molecule has 2 aliphatic carbocycles. The lowest BCUT2D eigenvalue weighted by molar-refractivity contribution is 0.0231.